The van der Waals surface area contributed by atoms with Gasteiger partial charge in [0.05, 0.1) is 76.5 Å². The zero-order chi connectivity index (χ0) is 20.5. The van der Waals surface area contributed by atoms with Gasteiger partial charge in [-0.3, -0.25) is 23.9 Å². The maximum absolute atomic E-state index is 7.32. The monoisotopic (exact) mass is 445 g/mol. The normalized spacial score (nSPS) is 6.38. The maximum atomic E-state index is 7.32. The minimum Gasteiger partial charge on any atom is -1.00 e. The van der Waals surface area contributed by atoms with Gasteiger partial charge in [0.15, 0.2) is 0 Å². The van der Waals surface area contributed by atoms with Gasteiger partial charge in [-0.15, -0.1) is 0 Å². The molecule has 0 aliphatic rings. The topological polar surface area (TPSA) is 53.6 Å². The van der Waals surface area contributed by atoms with Crippen molar-refractivity contribution in [2.45, 2.75) is 21.8 Å². The molecule has 0 amide bonds. The van der Waals surface area contributed by atoms with Gasteiger partial charge in [0.25, 0.3) is 0 Å². The molecule has 0 aliphatic carbocycles. The number of nitriles is 1. The zero-order valence-electron chi connectivity index (χ0n) is 20.4. The molecule has 168 valence electrons. The van der Waals surface area contributed by atoms with Crippen LogP contribution in [0.4, 0.5) is 0 Å². The van der Waals surface area contributed by atoms with Crippen LogP contribution in [-0.2, 0) is 0 Å². The Bertz CT molecular complexity index is 392. The molecule has 0 aliphatic heterocycles. The Morgan fingerprint density at radius 1 is 0.793 bits per heavy atom. The molecule has 0 saturated heterocycles. The SMILES string of the molecule is C.C.CC#N.CN(C)C(Cl)=[N+](C)C.CN(C)C(N(C)C)=[N+](C)C.C[N-]C.[Cl-].[Li+].[Li+]. The number of halogens is 2. The van der Waals surface area contributed by atoms with E-state index in [0.29, 0.717) is 0 Å². The Labute approximate surface area is 218 Å². The number of guanidine groups is 1. The molecule has 11 heteroatoms. The average Bonchev–Trinajstić information content (AvgIpc) is 2.38. The van der Waals surface area contributed by atoms with Gasteiger partial charge in [-0.1, -0.05) is 14.9 Å². The quantitative estimate of drug-likeness (QED) is 0.122. The summed E-state index contributed by atoms with van der Waals surface area (Å²) in [5.41, 5.74) is 0. The van der Waals surface area contributed by atoms with Gasteiger partial charge in [-0.05, 0) is 0 Å². The van der Waals surface area contributed by atoms with E-state index in [1.165, 1.54) is 12.9 Å². The third-order valence-electron chi connectivity index (χ3n) is 1.94. The van der Waals surface area contributed by atoms with Gasteiger partial charge >= 0.3 is 49.0 Å². The van der Waals surface area contributed by atoms with Gasteiger partial charge in [0.2, 0.25) is 0 Å². The minimum atomic E-state index is 0. The van der Waals surface area contributed by atoms with Gasteiger partial charge < -0.3 is 17.7 Å². The van der Waals surface area contributed by atoms with E-state index < -0.39 is 0 Å². The van der Waals surface area contributed by atoms with Gasteiger partial charge in [0.1, 0.15) is 0 Å². The molecule has 0 unspecified atom stereocenters. The fourth-order valence-electron chi connectivity index (χ4n) is 1.60. The predicted molar refractivity (Wildman–Crippen MR) is 121 cm³/mol. The predicted octanol–water partition coefficient (Wildman–Crippen LogP) is -6.41. The van der Waals surface area contributed by atoms with Gasteiger partial charge in [-0.25, -0.2) is 0 Å². The molecular weight excluding hydrogens is 399 g/mol. The first-order valence-electron chi connectivity index (χ1n) is 7.40. The zero-order valence-corrected chi connectivity index (χ0v) is 21.9. The summed E-state index contributed by atoms with van der Waals surface area (Å²) < 4.78 is 3.93. The number of hydrogen-bond donors (Lipinski definition) is 0. The van der Waals surface area contributed by atoms with Gasteiger partial charge in [0, 0.05) is 18.5 Å². The summed E-state index contributed by atoms with van der Waals surface area (Å²) in [6.07, 6.45) is 0. The van der Waals surface area contributed by atoms with Crippen molar-refractivity contribution in [3.63, 3.8) is 0 Å². The molecule has 0 fully saturated rings. The van der Waals surface area contributed by atoms with Crippen LogP contribution in [0.5, 0.6) is 0 Å². The number of rotatable bonds is 0. The number of nitrogens with zero attached hydrogens (tertiary/aromatic N) is 7. The van der Waals surface area contributed by atoms with Crippen molar-refractivity contribution in [3.8, 4) is 6.07 Å². The van der Waals surface area contributed by atoms with E-state index in [4.69, 9.17) is 16.9 Å². The van der Waals surface area contributed by atoms with Crippen molar-refractivity contribution >= 4 is 22.9 Å². The molecule has 7 nitrogen and oxygen atoms in total. The summed E-state index contributed by atoms with van der Waals surface area (Å²) in [4.78, 5) is 6.02. The van der Waals surface area contributed by atoms with Crippen LogP contribution in [0.2, 0.25) is 0 Å². The second-order valence-electron chi connectivity index (χ2n) is 5.71. The molecule has 0 aromatic rings. The van der Waals surface area contributed by atoms with Crippen LogP contribution in [-0.4, -0.2) is 120 Å². The first-order valence-corrected chi connectivity index (χ1v) is 7.78. The summed E-state index contributed by atoms with van der Waals surface area (Å²) >= 11 is 5.72. The smallest absolute Gasteiger partial charge is 1.00 e. The molecule has 0 spiro atoms. The Kier molecular flexibility index (Phi) is 75.6. The molecule has 0 atom stereocenters. The van der Waals surface area contributed by atoms with Crippen LogP contribution in [0, 0.1) is 11.3 Å². The largest absolute Gasteiger partial charge is 1.00 e. The van der Waals surface area contributed by atoms with Crippen molar-refractivity contribution in [2.24, 2.45) is 0 Å². The van der Waals surface area contributed by atoms with Crippen molar-refractivity contribution < 1.29 is 59.3 Å². The molecular formula is C18H47Cl2Li2N7+2. The summed E-state index contributed by atoms with van der Waals surface area (Å²) in [6, 6.07) is 1.75. The van der Waals surface area contributed by atoms with E-state index >= 15 is 0 Å². The summed E-state index contributed by atoms with van der Waals surface area (Å²) in [5, 5.41) is 11.6. The fourth-order valence-corrected chi connectivity index (χ4v) is 1.60. The summed E-state index contributed by atoms with van der Waals surface area (Å²) in [5.74, 6) is 1.19. The van der Waals surface area contributed by atoms with Crippen LogP contribution in [0.25, 0.3) is 5.32 Å². The summed E-state index contributed by atoms with van der Waals surface area (Å²) in [6.45, 7) is 1.43. The van der Waals surface area contributed by atoms with E-state index in [2.05, 4.69) is 19.7 Å². The Hall–Kier alpha value is -0.0352. The minimum absolute atomic E-state index is 0. The van der Waals surface area contributed by atoms with Crippen molar-refractivity contribution in [2.75, 3.05) is 84.6 Å². The standard InChI is InChI=1S/C7H18N3.C5H12ClN2.C2H6N.C2H3N.2CH4.ClH.2Li/c1-8(2)7(9(3)4)10(5)6;1-7(2)5(6)8(3)4;1-3-2;1-2-3;;;;;/h1-6H3;1-4H3;1-2H3;1H3;2*1H4;1H;;/q2*+1;-1;;;;;2*+1/p-1. The Morgan fingerprint density at radius 2 is 1.00 bits per heavy atom. The van der Waals surface area contributed by atoms with Crippen LogP contribution in [0.15, 0.2) is 0 Å². The second kappa shape index (κ2) is 38.6. The molecule has 0 heterocycles. The van der Waals surface area contributed by atoms with E-state index in [1.54, 1.807) is 20.2 Å². The third kappa shape index (κ3) is 47.3. The molecule has 0 bridgehead atoms. The van der Waals surface area contributed by atoms with E-state index in [0.717, 1.165) is 5.29 Å². The van der Waals surface area contributed by atoms with Gasteiger partial charge in [-0.2, -0.15) is 19.4 Å². The Morgan fingerprint density at radius 3 is 1.00 bits per heavy atom. The van der Waals surface area contributed by atoms with Crippen LogP contribution < -0.4 is 50.1 Å². The Balaban J connectivity index is -0.0000000275. The van der Waals surface area contributed by atoms with E-state index in [1.807, 2.05) is 80.0 Å². The van der Waals surface area contributed by atoms with Crippen LogP contribution in [0.1, 0.15) is 21.8 Å². The first kappa shape index (κ1) is 56.8. The number of amidine groups is 1. The molecule has 0 aromatic carbocycles. The van der Waals surface area contributed by atoms with Crippen molar-refractivity contribution in [1.29, 1.82) is 5.26 Å². The van der Waals surface area contributed by atoms with Crippen molar-refractivity contribution in [1.82, 2.24) is 14.7 Å². The molecule has 0 radical (unpaired) electrons. The maximum Gasteiger partial charge on any atom is 1.00 e. The molecule has 0 rings (SSSR count). The molecule has 0 aromatic heterocycles. The average molecular weight is 446 g/mol. The summed E-state index contributed by atoms with van der Waals surface area (Å²) in [7, 11) is 23.3. The molecule has 0 N–H and O–H groups in total. The van der Waals surface area contributed by atoms with E-state index in [-0.39, 0.29) is 65.0 Å². The van der Waals surface area contributed by atoms with E-state index in [9.17, 15) is 0 Å². The molecule has 29 heavy (non-hydrogen) atoms. The van der Waals surface area contributed by atoms with Crippen LogP contribution >= 0.6 is 11.6 Å². The number of hydrogen-bond acceptors (Lipinski definition) is 1. The van der Waals surface area contributed by atoms with Crippen molar-refractivity contribution in [3.05, 3.63) is 5.32 Å². The first-order chi connectivity index (χ1) is 10.8. The third-order valence-corrected chi connectivity index (χ3v) is 2.61. The second-order valence-corrected chi connectivity index (χ2v) is 6.05. The fraction of sp³-hybridized carbons (Fsp3) is 0.833. The van der Waals surface area contributed by atoms with Crippen LogP contribution in [0.3, 0.4) is 0 Å². The molecule has 0 saturated carbocycles.